The topological polar surface area (TPSA) is 29.3 Å². The van der Waals surface area contributed by atoms with Crippen molar-refractivity contribution >= 4 is 0 Å². The Morgan fingerprint density at radius 1 is 1.58 bits per heavy atom. The number of likely N-dealkylation sites (tertiary alicyclic amines) is 1. The first kappa shape index (κ1) is 8.52. The molecule has 70 valence electrons. The Labute approximate surface area is 75.1 Å². The zero-order chi connectivity index (χ0) is 8.77. The van der Waals surface area contributed by atoms with Gasteiger partial charge in [0.2, 0.25) is 0 Å². The first-order chi connectivity index (χ1) is 5.68. The van der Waals surface area contributed by atoms with Gasteiger partial charge in [0.25, 0.3) is 0 Å². The van der Waals surface area contributed by atoms with E-state index in [0.29, 0.717) is 11.5 Å². The Hall–Kier alpha value is -0.0800. The summed E-state index contributed by atoms with van der Waals surface area (Å²) < 4.78 is 0. The summed E-state index contributed by atoms with van der Waals surface area (Å²) in [6, 6.07) is 1.20. The summed E-state index contributed by atoms with van der Waals surface area (Å²) in [5, 5.41) is 0. The Morgan fingerprint density at radius 2 is 2.25 bits per heavy atom. The molecule has 1 spiro atoms. The van der Waals surface area contributed by atoms with Crippen LogP contribution in [-0.2, 0) is 0 Å². The number of rotatable bonds is 2. The standard InChI is InChI=1S/C10H20N2/c1-3-8(2)12-6-9(11)10(7-12)4-5-10/h8-9H,3-7,11H2,1-2H3/t8?,9-/m0/s1. The van der Waals surface area contributed by atoms with Crippen LogP contribution in [0.3, 0.4) is 0 Å². The maximum Gasteiger partial charge on any atom is 0.0237 e. The predicted octanol–water partition coefficient (Wildman–Crippen LogP) is 1.21. The number of nitrogens with two attached hydrogens (primary N) is 1. The third-order valence-corrected chi connectivity index (χ3v) is 3.84. The van der Waals surface area contributed by atoms with Crippen molar-refractivity contribution in [1.82, 2.24) is 4.90 Å². The van der Waals surface area contributed by atoms with E-state index in [4.69, 9.17) is 5.73 Å². The third-order valence-electron chi connectivity index (χ3n) is 3.84. The lowest BCUT2D eigenvalue weighted by atomic mass is 10.0. The number of nitrogens with zero attached hydrogens (tertiary/aromatic N) is 1. The molecule has 1 heterocycles. The quantitative estimate of drug-likeness (QED) is 0.671. The summed E-state index contributed by atoms with van der Waals surface area (Å²) in [7, 11) is 0. The molecule has 12 heavy (non-hydrogen) atoms. The zero-order valence-corrected chi connectivity index (χ0v) is 8.21. The van der Waals surface area contributed by atoms with Crippen LogP contribution >= 0.6 is 0 Å². The largest absolute Gasteiger partial charge is 0.326 e. The van der Waals surface area contributed by atoms with E-state index in [1.54, 1.807) is 0 Å². The number of hydrogen-bond acceptors (Lipinski definition) is 2. The van der Waals surface area contributed by atoms with Crippen LogP contribution in [0.1, 0.15) is 33.1 Å². The first-order valence-electron chi connectivity index (χ1n) is 5.17. The van der Waals surface area contributed by atoms with Gasteiger partial charge in [-0.15, -0.1) is 0 Å². The van der Waals surface area contributed by atoms with Gasteiger partial charge in [-0.1, -0.05) is 6.92 Å². The Bertz CT molecular complexity index is 175. The molecule has 2 N–H and O–H groups in total. The minimum absolute atomic E-state index is 0.464. The van der Waals surface area contributed by atoms with Crippen LogP contribution < -0.4 is 5.73 Å². The Balaban J connectivity index is 1.96. The molecule has 2 heteroatoms. The molecule has 1 saturated carbocycles. The highest BCUT2D eigenvalue weighted by Gasteiger charge is 2.53. The van der Waals surface area contributed by atoms with Gasteiger partial charge in [-0.2, -0.15) is 0 Å². The average molecular weight is 168 g/mol. The van der Waals surface area contributed by atoms with Crippen molar-refractivity contribution in [2.75, 3.05) is 13.1 Å². The Kier molecular flexibility index (Phi) is 1.92. The van der Waals surface area contributed by atoms with Crippen LogP contribution in [0.4, 0.5) is 0 Å². The molecular weight excluding hydrogens is 148 g/mol. The summed E-state index contributed by atoms with van der Waals surface area (Å²) in [6.45, 7) is 6.97. The van der Waals surface area contributed by atoms with Gasteiger partial charge in [-0.05, 0) is 31.6 Å². The lowest BCUT2D eigenvalue weighted by Gasteiger charge is -2.22. The van der Waals surface area contributed by atoms with Gasteiger partial charge in [-0.3, -0.25) is 4.90 Å². The molecule has 1 saturated heterocycles. The molecule has 0 aromatic carbocycles. The SMILES string of the molecule is CCC(C)N1C[C@H](N)C2(CC2)C1. The molecule has 1 unspecified atom stereocenters. The van der Waals surface area contributed by atoms with Crippen LogP contribution in [0.25, 0.3) is 0 Å². The van der Waals surface area contributed by atoms with E-state index >= 15 is 0 Å². The summed E-state index contributed by atoms with van der Waals surface area (Å²) in [5.74, 6) is 0. The van der Waals surface area contributed by atoms with Gasteiger partial charge >= 0.3 is 0 Å². The molecule has 0 aromatic rings. The van der Waals surface area contributed by atoms with Crippen LogP contribution in [0.2, 0.25) is 0 Å². The van der Waals surface area contributed by atoms with E-state index in [9.17, 15) is 0 Å². The molecular formula is C10H20N2. The van der Waals surface area contributed by atoms with Gasteiger partial charge in [0.05, 0.1) is 0 Å². The average Bonchev–Trinajstić information content (AvgIpc) is 2.75. The van der Waals surface area contributed by atoms with Crippen molar-refractivity contribution in [1.29, 1.82) is 0 Å². The highest BCUT2D eigenvalue weighted by Crippen LogP contribution is 2.52. The van der Waals surface area contributed by atoms with E-state index in [2.05, 4.69) is 18.7 Å². The van der Waals surface area contributed by atoms with Crippen LogP contribution in [0, 0.1) is 5.41 Å². The molecule has 0 aromatic heterocycles. The highest BCUT2D eigenvalue weighted by atomic mass is 15.2. The lowest BCUT2D eigenvalue weighted by molar-refractivity contribution is 0.240. The molecule has 0 amide bonds. The van der Waals surface area contributed by atoms with Gasteiger partial charge < -0.3 is 5.73 Å². The monoisotopic (exact) mass is 168 g/mol. The fraction of sp³-hybridized carbons (Fsp3) is 1.00. The van der Waals surface area contributed by atoms with Crippen molar-refractivity contribution in [3.8, 4) is 0 Å². The molecule has 1 aliphatic heterocycles. The van der Waals surface area contributed by atoms with Gasteiger partial charge in [0.15, 0.2) is 0 Å². The molecule has 1 aliphatic carbocycles. The number of hydrogen-bond donors (Lipinski definition) is 1. The van der Waals surface area contributed by atoms with Gasteiger partial charge in [-0.25, -0.2) is 0 Å². The van der Waals surface area contributed by atoms with Crippen molar-refractivity contribution in [2.45, 2.75) is 45.2 Å². The Morgan fingerprint density at radius 3 is 2.67 bits per heavy atom. The minimum atomic E-state index is 0.464. The highest BCUT2D eigenvalue weighted by molar-refractivity contribution is 5.09. The van der Waals surface area contributed by atoms with Crippen molar-refractivity contribution in [3.63, 3.8) is 0 Å². The van der Waals surface area contributed by atoms with Gasteiger partial charge in [0.1, 0.15) is 0 Å². The molecule has 0 radical (unpaired) electrons. The van der Waals surface area contributed by atoms with E-state index in [1.807, 2.05) is 0 Å². The summed E-state index contributed by atoms with van der Waals surface area (Å²) in [5.41, 5.74) is 6.68. The van der Waals surface area contributed by atoms with Crippen molar-refractivity contribution in [2.24, 2.45) is 11.1 Å². The van der Waals surface area contributed by atoms with E-state index in [0.717, 1.165) is 12.6 Å². The molecule has 0 bridgehead atoms. The molecule has 2 fully saturated rings. The first-order valence-corrected chi connectivity index (χ1v) is 5.17. The fourth-order valence-electron chi connectivity index (χ4n) is 2.32. The maximum absolute atomic E-state index is 6.12. The third kappa shape index (κ3) is 1.17. The maximum atomic E-state index is 6.12. The van der Waals surface area contributed by atoms with Crippen molar-refractivity contribution < 1.29 is 0 Å². The van der Waals surface area contributed by atoms with Crippen LogP contribution in [-0.4, -0.2) is 30.1 Å². The minimum Gasteiger partial charge on any atom is -0.326 e. The lowest BCUT2D eigenvalue weighted by Crippen LogP contribution is -2.33. The molecule has 2 rings (SSSR count). The fourth-order valence-corrected chi connectivity index (χ4v) is 2.32. The molecule has 2 aliphatic rings. The second-order valence-electron chi connectivity index (χ2n) is 4.66. The van der Waals surface area contributed by atoms with Gasteiger partial charge in [0, 0.05) is 25.2 Å². The summed E-state index contributed by atoms with van der Waals surface area (Å²) in [6.07, 6.45) is 4.00. The predicted molar refractivity (Wildman–Crippen MR) is 51.0 cm³/mol. The van der Waals surface area contributed by atoms with E-state index in [-0.39, 0.29) is 0 Å². The molecule has 2 atom stereocenters. The second-order valence-corrected chi connectivity index (χ2v) is 4.66. The normalized spacial score (nSPS) is 35.8. The summed E-state index contributed by atoms with van der Waals surface area (Å²) >= 11 is 0. The van der Waals surface area contributed by atoms with Crippen LogP contribution in [0.5, 0.6) is 0 Å². The van der Waals surface area contributed by atoms with Crippen LogP contribution in [0.15, 0.2) is 0 Å². The van der Waals surface area contributed by atoms with E-state index in [1.165, 1.54) is 25.8 Å². The molecule has 2 nitrogen and oxygen atoms in total. The van der Waals surface area contributed by atoms with E-state index < -0.39 is 0 Å². The smallest absolute Gasteiger partial charge is 0.0237 e. The zero-order valence-electron chi connectivity index (χ0n) is 8.21. The summed E-state index contributed by atoms with van der Waals surface area (Å²) in [4.78, 5) is 2.57. The van der Waals surface area contributed by atoms with Crippen molar-refractivity contribution in [3.05, 3.63) is 0 Å². The second kappa shape index (κ2) is 2.71.